The third-order valence-electron chi connectivity index (χ3n) is 2.59. The monoisotopic (exact) mass is 239 g/mol. The van der Waals surface area contributed by atoms with Gasteiger partial charge < -0.3 is 14.2 Å². The summed E-state index contributed by atoms with van der Waals surface area (Å²) in [5.41, 5.74) is 2.16. The third kappa shape index (κ3) is 3.61. The van der Waals surface area contributed by atoms with Crippen LogP contribution in [0.2, 0.25) is 0 Å². The molecule has 1 aromatic carbocycles. The van der Waals surface area contributed by atoms with E-state index < -0.39 is 0 Å². The van der Waals surface area contributed by atoms with E-state index >= 15 is 0 Å². The predicted octanol–water partition coefficient (Wildman–Crippen LogP) is 2.05. The SMILES string of the molecule is COCN(C)Cc1cc(OC)c(C)cc1OC. The van der Waals surface area contributed by atoms with Crippen molar-refractivity contribution < 1.29 is 14.2 Å². The van der Waals surface area contributed by atoms with Gasteiger partial charge in [0, 0.05) is 19.2 Å². The van der Waals surface area contributed by atoms with E-state index in [1.54, 1.807) is 21.3 Å². The molecule has 0 heterocycles. The summed E-state index contributed by atoms with van der Waals surface area (Å²) >= 11 is 0. The Kier molecular flexibility index (Phi) is 5.25. The van der Waals surface area contributed by atoms with E-state index in [1.165, 1.54) is 0 Å². The Balaban J connectivity index is 2.95. The quantitative estimate of drug-likeness (QED) is 0.711. The van der Waals surface area contributed by atoms with Gasteiger partial charge in [-0.1, -0.05) is 0 Å². The van der Waals surface area contributed by atoms with Gasteiger partial charge in [-0.3, -0.25) is 4.90 Å². The average molecular weight is 239 g/mol. The molecule has 17 heavy (non-hydrogen) atoms. The van der Waals surface area contributed by atoms with E-state index in [4.69, 9.17) is 14.2 Å². The summed E-state index contributed by atoms with van der Waals surface area (Å²) in [5.74, 6) is 1.76. The first kappa shape index (κ1) is 13.8. The van der Waals surface area contributed by atoms with Crippen LogP contribution in [0.3, 0.4) is 0 Å². The maximum Gasteiger partial charge on any atom is 0.123 e. The molecule has 0 aliphatic carbocycles. The minimum atomic E-state index is 0.583. The number of aryl methyl sites for hydroxylation is 1. The Morgan fingerprint density at radius 1 is 1.06 bits per heavy atom. The van der Waals surface area contributed by atoms with Crippen molar-refractivity contribution in [2.75, 3.05) is 35.1 Å². The van der Waals surface area contributed by atoms with Crippen molar-refractivity contribution in [3.63, 3.8) is 0 Å². The third-order valence-corrected chi connectivity index (χ3v) is 2.59. The number of ether oxygens (including phenoxy) is 3. The van der Waals surface area contributed by atoms with Gasteiger partial charge in [0.05, 0.1) is 21.0 Å². The molecule has 0 aromatic heterocycles. The van der Waals surface area contributed by atoms with Gasteiger partial charge in [0.2, 0.25) is 0 Å². The fourth-order valence-corrected chi connectivity index (χ4v) is 1.79. The summed E-state index contributed by atoms with van der Waals surface area (Å²) in [6.07, 6.45) is 0. The predicted molar refractivity (Wildman–Crippen MR) is 67.6 cm³/mol. The molecule has 0 atom stereocenters. The van der Waals surface area contributed by atoms with Crippen molar-refractivity contribution in [1.29, 1.82) is 0 Å². The standard InChI is InChI=1S/C13H21NO3/c1-10-6-13(17-5)11(7-12(10)16-4)8-14(2)9-15-3/h6-7H,8-9H2,1-5H3. The van der Waals surface area contributed by atoms with E-state index in [0.717, 1.165) is 29.2 Å². The molecular weight excluding hydrogens is 218 g/mol. The second-order valence-electron chi connectivity index (χ2n) is 4.07. The van der Waals surface area contributed by atoms with Gasteiger partial charge in [-0.15, -0.1) is 0 Å². The molecule has 0 bridgehead atoms. The van der Waals surface area contributed by atoms with Gasteiger partial charge in [-0.2, -0.15) is 0 Å². The number of hydrogen-bond acceptors (Lipinski definition) is 4. The molecule has 1 aromatic rings. The molecule has 0 spiro atoms. The number of benzene rings is 1. The van der Waals surface area contributed by atoms with Crippen LogP contribution in [0.4, 0.5) is 0 Å². The minimum absolute atomic E-state index is 0.583. The summed E-state index contributed by atoms with van der Waals surface area (Å²) in [6.45, 7) is 3.34. The maximum atomic E-state index is 5.38. The second kappa shape index (κ2) is 6.47. The van der Waals surface area contributed by atoms with Crippen LogP contribution in [0, 0.1) is 6.92 Å². The highest BCUT2D eigenvalue weighted by molar-refractivity contribution is 5.45. The van der Waals surface area contributed by atoms with E-state index in [0.29, 0.717) is 6.73 Å². The smallest absolute Gasteiger partial charge is 0.123 e. The zero-order valence-electron chi connectivity index (χ0n) is 11.2. The number of methoxy groups -OCH3 is 3. The lowest BCUT2D eigenvalue weighted by atomic mass is 10.1. The van der Waals surface area contributed by atoms with Crippen molar-refractivity contribution in [2.45, 2.75) is 13.5 Å². The highest BCUT2D eigenvalue weighted by Crippen LogP contribution is 2.28. The Labute approximate surface area is 103 Å². The zero-order valence-corrected chi connectivity index (χ0v) is 11.2. The molecule has 0 aliphatic rings. The van der Waals surface area contributed by atoms with Gasteiger partial charge in [-0.05, 0) is 31.7 Å². The Hall–Kier alpha value is -1.26. The van der Waals surface area contributed by atoms with Crippen LogP contribution >= 0.6 is 0 Å². The molecule has 96 valence electrons. The van der Waals surface area contributed by atoms with Gasteiger partial charge in [0.25, 0.3) is 0 Å². The lowest BCUT2D eigenvalue weighted by Crippen LogP contribution is -2.20. The number of hydrogen-bond donors (Lipinski definition) is 0. The second-order valence-corrected chi connectivity index (χ2v) is 4.07. The summed E-state index contributed by atoms with van der Waals surface area (Å²) in [6, 6.07) is 4.01. The average Bonchev–Trinajstić information content (AvgIpc) is 2.31. The van der Waals surface area contributed by atoms with E-state index in [9.17, 15) is 0 Å². The van der Waals surface area contributed by atoms with Crippen LogP contribution in [0.5, 0.6) is 11.5 Å². The van der Waals surface area contributed by atoms with E-state index in [2.05, 4.69) is 4.90 Å². The molecule has 0 radical (unpaired) electrons. The van der Waals surface area contributed by atoms with E-state index in [-0.39, 0.29) is 0 Å². The van der Waals surface area contributed by atoms with E-state index in [1.807, 2.05) is 26.1 Å². The Bertz CT molecular complexity index is 366. The first-order valence-corrected chi connectivity index (χ1v) is 5.51. The Morgan fingerprint density at radius 2 is 1.71 bits per heavy atom. The van der Waals surface area contributed by atoms with Crippen LogP contribution in [0.15, 0.2) is 12.1 Å². The molecule has 0 fully saturated rings. The lowest BCUT2D eigenvalue weighted by molar-refractivity contribution is 0.0766. The summed E-state index contributed by atoms with van der Waals surface area (Å²) < 4.78 is 15.8. The fourth-order valence-electron chi connectivity index (χ4n) is 1.79. The minimum Gasteiger partial charge on any atom is -0.496 e. The van der Waals surface area contributed by atoms with Crippen molar-refractivity contribution in [2.24, 2.45) is 0 Å². The molecule has 0 saturated heterocycles. The highest BCUT2D eigenvalue weighted by atomic mass is 16.5. The maximum absolute atomic E-state index is 5.38. The number of nitrogens with zero attached hydrogens (tertiary/aromatic N) is 1. The molecule has 0 aliphatic heterocycles. The molecule has 0 unspecified atom stereocenters. The van der Waals surface area contributed by atoms with Crippen LogP contribution < -0.4 is 9.47 Å². The van der Waals surface area contributed by atoms with Gasteiger partial charge in [0.15, 0.2) is 0 Å². The molecule has 0 N–H and O–H groups in total. The van der Waals surface area contributed by atoms with Gasteiger partial charge in [-0.25, -0.2) is 0 Å². The molecule has 4 heteroatoms. The van der Waals surface area contributed by atoms with Crippen molar-refractivity contribution in [3.05, 3.63) is 23.3 Å². The number of rotatable bonds is 6. The van der Waals surface area contributed by atoms with Crippen molar-refractivity contribution in [3.8, 4) is 11.5 Å². The summed E-state index contributed by atoms with van der Waals surface area (Å²) in [7, 11) is 7.04. The molecular formula is C13H21NO3. The van der Waals surface area contributed by atoms with Crippen LogP contribution in [0.25, 0.3) is 0 Å². The molecule has 1 rings (SSSR count). The molecule has 0 saturated carbocycles. The van der Waals surface area contributed by atoms with Gasteiger partial charge in [0.1, 0.15) is 11.5 Å². The summed E-state index contributed by atoms with van der Waals surface area (Å²) in [5, 5.41) is 0. The fraction of sp³-hybridized carbons (Fsp3) is 0.538. The van der Waals surface area contributed by atoms with Crippen LogP contribution in [-0.2, 0) is 11.3 Å². The van der Waals surface area contributed by atoms with Crippen LogP contribution in [0.1, 0.15) is 11.1 Å². The van der Waals surface area contributed by atoms with Crippen molar-refractivity contribution >= 4 is 0 Å². The molecule has 0 amide bonds. The highest BCUT2D eigenvalue weighted by Gasteiger charge is 2.10. The normalized spacial score (nSPS) is 10.7. The first-order valence-electron chi connectivity index (χ1n) is 5.51. The Morgan fingerprint density at radius 3 is 2.24 bits per heavy atom. The lowest BCUT2D eigenvalue weighted by Gasteiger charge is -2.18. The zero-order chi connectivity index (χ0) is 12.8. The van der Waals surface area contributed by atoms with Crippen molar-refractivity contribution in [1.82, 2.24) is 4.90 Å². The molecule has 4 nitrogen and oxygen atoms in total. The topological polar surface area (TPSA) is 30.9 Å². The first-order chi connectivity index (χ1) is 8.12. The van der Waals surface area contributed by atoms with Crippen LogP contribution in [-0.4, -0.2) is 40.0 Å². The van der Waals surface area contributed by atoms with Gasteiger partial charge >= 0.3 is 0 Å². The largest absolute Gasteiger partial charge is 0.496 e. The summed E-state index contributed by atoms with van der Waals surface area (Å²) in [4.78, 5) is 2.06.